The van der Waals surface area contributed by atoms with Crippen LogP contribution in [0.25, 0.3) is 0 Å². The zero-order valence-electron chi connectivity index (χ0n) is 16.8. The fourth-order valence-electron chi connectivity index (χ4n) is 2.53. The van der Waals surface area contributed by atoms with Crippen LogP contribution < -0.4 is 5.32 Å². The van der Waals surface area contributed by atoms with Gasteiger partial charge in [-0.25, -0.2) is 0 Å². The molecule has 0 spiro atoms. The molecule has 0 heterocycles. The number of hydrogen-bond acceptors (Lipinski definition) is 1. The summed E-state index contributed by atoms with van der Waals surface area (Å²) in [6.45, 7) is 5.26. The van der Waals surface area contributed by atoms with Crippen molar-refractivity contribution in [1.82, 2.24) is 5.32 Å². The van der Waals surface area contributed by atoms with E-state index in [4.69, 9.17) is 0 Å². The SMILES string of the molecule is CCCCC/C=C\C/C=C\C/C=C\CCCCC(=O)NCCCCC. The predicted octanol–water partition coefficient (Wildman–Crippen LogP) is 6.88. The number of nitrogens with one attached hydrogen (secondary N) is 1. The first-order valence-corrected chi connectivity index (χ1v) is 10.5. The fourth-order valence-corrected chi connectivity index (χ4v) is 2.53. The van der Waals surface area contributed by atoms with Gasteiger partial charge in [0, 0.05) is 13.0 Å². The van der Waals surface area contributed by atoms with E-state index in [-0.39, 0.29) is 5.91 Å². The number of unbranched alkanes of at least 4 members (excludes halogenated alkanes) is 7. The van der Waals surface area contributed by atoms with Gasteiger partial charge in [-0.2, -0.15) is 0 Å². The van der Waals surface area contributed by atoms with Crippen LogP contribution in [0.3, 0.4) is 0 Å². The maximum atomic E-state index is 11.6. The van der Waals surface area contributed by atoms with E-state index < -0.39 is 0 Å². The number of amides is 1. The first-order chi connectivity index (χ1) is 12.3. The van der Waals surface area contributed by atoms with Crippen LogP contribution in [0.2, 0.25) is 0 Å². The van der Waals surface area contributed by atoms with Gasteiger partial charge in [-0.05, 0) is 51.4 Å². The molecule has 2 nitrogen and oxygen atoms in total. The summed E-state index contributed by atoms with van der Waals surface area (Å²) in [5.41, 5.74) is 0. The molecule has 0 aliphatic rings. The molecule has 2 heteroatoms. The average Bonchev–Trinajstić information content (AvgIpc) is 2.62. The van der Waals surface area contributed by atoms with Crippen molar-refractivity contribution in [2.75, 3.05) is 6.54 Å². The highest BCUT2D eigenvalue weighted by atomic mass is 16.1. The number of allylic oxidation sites excluding steroid dienone is 6. The van der Waals surface area contributed by atoms with E-state index in [1.807, 2.05) is 0 Å². The van der Waals surface area contributed by atoms with E-state index in [0.29, 0.717) is 6.42 Å². The first-order valence-electron chi connectivity index (χ1n) is 10.5. The molecule has 0 unspecified atom stereocenters. The highest BCUT2D eigenvalue weighted by Crippen LogP contribution is 2.03. The van der Waals surface area contributed by atoms with E-state index in [0.717, 1.165) is 45.1 Å². The Kier molecular flexibility index (Phi) is 19.6. The van der Waals surface area contributed by atoms with Crippen molar-refractivity contribution in [2.24, 2.45) is 0 Å². The van der Waals surface area contributed by atoms with Crippen molar-refractivity contribution in [3.8, 4) is 0 Å². The second-order valence-corrected chi connectivity index (χ2v) is 6.68. The summed E-state index contributed by atoms with van der Waals surface area (Å²) in [4.78, 5) is 11.6. The third-order valence-electron chi connectivity index (χ3n) is 4.15. The molecule has 0 saturated heterocycles. The maximum Gasteiger partial charge on any atom is 0.219 e. The standard InChI is InChI=1S/C23H41NO/c1-3-5-7-8-9-10-11-12-13-14-15-16-17-18-19-21-23(25)24-22-20-6-4-2/h9-10,12-13,15-16H,3-8,11,14,17-22H2,1-2H3,(H,24,25)/b10-9-,13-12-,16-15-. The van der Waals surface area contributed by atoms with Crippen molar-refractivity contribution in [1.29, 1.82) is 0 Å². The summed E-state index contributed by atoms with van der Waals surface area (Å²) < 4.78 is 0. The molecule has 0 aliphatic carbocycles. The lowest BCUT2D eigenvalue weighted by Crippen LogP contribution is -2.23. The van der Waals surface area contributed by atoms with Crippen molar-refractivity contribution >= 4 is 5.91 Å². The van der Waals surface area contributed by atoms with E-state index in [9.17, 15) is 4.79 Å². The zero-order valence-corrected chi connectivity index (χ0v) is 16.8. The Morgan fingerprint density at radius 2 is 1.20 bits per heavy atom. The Morgan fingerprint density at radius 1 is 0.680 bits per heavy atom. The quantitative estimate of drug-likeness (QED) is 0.225. The van der Waals surface area contributed by atoms with Gasteiger partial charge in [0.05, 0.1) is 0 Å². The second-order valence-electron chi connectivity index (χ2n) is 6.68. The number of carbonyl (C=O) groups excluding carboxylic acids is 1. The van der Waals surface area contributed by atoms with Gasteiger partial charge in [-0.3, -0.25) is 4.79 Å². The van der Waals surface area contributed by atoms with Crippen LogP contribution in [0, 0.1) is 0 Å². The van der Waals surface area contributed by atoms with Gasteiger partial charge in [-0.1, -0.05) is 76.0 Å². The van der Waals surface area contributed by atoms with Crippen molar-refractivity contribution in [3.05, 3.63) is 36.5 Å². The fraction of sp³-hybridized carbons (Fsp3) is 0.696. The highest BCUT2D eigenvalue weighted by molar-refractivity contribution is 5.75. The van der Waals surface area contributed by atoms with Gasteiger partial charge < -0.3 is 5.32 Å². The molecule has 0 aromatic carbocycles. The monoisotopic (exact) mass is 347 g/mol. The average molecular weight is 348 g/mol. The summed E-state index contributed by atoms with van der Waals surface area (Å²) in [6.07, 6.45) is 28.1. The molecule has 0 bridgehead atoms. The van der Waals surface area contributed by atoms with E-state index in [1.54, 1.807) is 0 Å². The molecule has 0 aliphatic heterocycles. The van der Waals surface area contributed by atoms with Crippen molar-refractivity contribution in [2.45, 2.75) is 97.3 Å². The zero-order chi connectivity index (χ0) is 18.4. The van der Waals surface area contributed by atoms with Gasteiger partial charge in [0.15, 0.2) is 0 Å². The number of carbonyl (C=O) groups is 1. The minimum Gasteiger partial charge on any atom is -0.356 e. The molecular weight excluding hydrogens is 306 g/mol. The summed E-state index contributed by atoms with van der Waals surface area (Å²) in [5, 5.41) is 3.00. The van der Waals surface area contributed by atoms with Crippen LogP contribution >= 0.6 is 0 Å². The Balaban J connectivity index is 3.37. The smallest absolute Gasteiger partial charge is 0.219 e. The number of hydrogen-bond donors (Lipinski definition) is 1. The minimum absolute atomic E-state index is 0.214. The lowest BCUT2D eigenvalue weighted by atomic mass is 10.1. The minimum atomic E-state index is 0.214. The molecule has 144 valence electrons. The van der Waals surface area contributed by atoms with Crippen molar-refractivity contribution < 1.29 is 4.79 Å². The molecule has 25 heavy (non-hydrogen) atoms. The largest absolute Gasteiger partial charge is 0.356 e. The van der Waals surface area contributed by atoms with Gasteiger partial charge in [-0.15, -0.1) is 0 Å². The third kappa shape index (κ3) is 20.6. The molecule has 1 amide bonds. The predicted molar refractivity (Wildman–Crippen MR) is 112 cm³/mol. The lowest BCUT2D eigenvalue weighted by molar-refractivity contribution is -0.121. The molecular formula is C23H41NO. The lowest BCUT2D eigenvalue weighted by Gasteiger charge is -2.03. The Hall–Kier alpha value is -1.31. The molecule has 0 rings (SSSR count). The van der Waals surface area contributed by atoms with Crippen LogP contribution in [0.4, 0.5) is 0 Å². The topological polar surface area (TPSA) is 29.1 Å². The van der Waals surface area contributed by atoms with E-state index in [1.165, 1.54) is 38.5 Å². The van der Waals surface area contributed by atoms with Crippen LogP contribution in [-0.2, 0) is 4.79 Å². The van der Waals surface area contributed by atoms with Crippen LogP contribution in [0.1, 0.15) is 97.3 Å². The highest BCUT2D eigenvalue weighted by Gasteiger charge is 1.99. The normalized spacial score (nSPS) is 11.9. The summed E-state index contributed by atoms with van der Waals surface area (Å²) in [5.74, 6) is 0.214. The molecule has 0 saturated carbocycles. The van der Waals surface area contributed by atoms with Crippen LogP contribution in [-0.4, -0.2) is 12.5 Å². The summed E-state index contributed by atoms with van der Waals surface area (Å²) >= 11 is 0. The Morgan fingerprint density at radius 3 is 1.80 bits per heavy atom. The molecule has 0 aromatic heterocycles. The van der Waals surface area contributed by atoms with Gasteiger partial charge >= 0.3 is 0 Å². The third-order valence-corrected chi connectivity index (χ3v) is 4.15. The van der Waals surface area contributed by atoms with Crippen LogP contribution in [0.15, 0.2) is 36.5 Å². The Bertz CT molecular complexity index is 368. The van der Waals surface area contributed by atoms with E-state index >= 15 is 0 Å². The summed E-state index contributed by atoms with van der Waals surface area (Å²) in [7, 11) is 0. The molecule has 0 atom stereocenters. The molecule has 1 N–H and O–H groups in total. The second kappa shape index (κ2) is 20.7. The molecule has 0 radical (unpaired) electrons. The van der Waals surface area contributed by atoms with Gasteiger partial charge in [0.1, 0.15) is 0 Å². The van der Waals surface area contributed by atoms with Gasteiger partial charge in [0.2, 0.25) is 5.91 Å². The number of rotatable bonds is 17. The first kappa shape index (κ1) is 23.7. The summed E-state index contributed by atoms with van der Waals surface area (Å²) in [6, 6.07) is 0. The van der Waals surface area contributed by atoms with E-state index in [2.05, 4.69) is 55.6 Å². The molecule has 0 aromatic rings. The van der Waals surface area contributed by atoms with Gasteiger partial charge in [0.25, 0.3) is 0 Å². The van der Waals surface area contributed by atoms with Crippen LogP contribution in [0.5, 0.6) is 0 Å². The maximum absolute atomic E-state index is 11.6. The van der Waals surface area contributed by atoms with Crippen molar-refractivity contribution in [3.63, 3.8) is 0 Å². The molecule has 0 fully saturated rings. The Labute approximate surface area is 156 Å².